The first-order valence-corrected chi connectivity index (χ1v) is 5.81. The number of amides is 1. The van der Waals surface area contributed by atoms with Crippen LogP contribution >= 0.6 is 0 Å². The van der Waals surface area contributed by atoms with E-state index in [-0.39, 0.29) is 29.4 Å². The highest BCUT2D eigenvalue weighted by atomic mass is 19.1. The highest BCUT2D eigenvalue weighted by Gasteiger charge is 2.31. The maximum Gasteiger partial charge on any atom is 0.220 e. The summed E-state index contributed by atoms with van der Waals surface area (Å²) in [4.78, 5) is 20.5. The van der Waals surface area contributed by atoms with Gasteiger partial charge < -0.3 is 16.4 Å². The predicted molar refractivity (Wildman–Crippen MR) is 65.1 cm³/mol. The van der Waals surface area contributed by atoms with Crippen LogP contribution in [0.3, 0.4) is 0 Å². The van der Waals surface area contributed by atoms with Gasteiger partial charge in [0, 0.05) is 19.0 Å². The standard InChI is InChI=1S/C11H16FN5O/c1-6-4-17(3-2-7(6)10(14)18)11-8(12)9(13)15-5-16-11/h5-7H,2-4H2,1H3,(H2,14,18)(H2,13,15,16)/t6?,7-/m1/s1. The second-order valence-corrected chi connectivity index (χ2v) is 4.62. The van der Waals surface area contributed by atoms with Gasteiger partial charge in [-0.05, 0) is 12.3 Å². The number of hydrogen-bond acceptors (Lipinski definition) is 5. The summed E-state index contributed by atoms with van der Waals surface area (Å²) >= 11 is 0. The van der Waals surface area contributed by atoms with Crippen LogP contribution < -0.4 is 16.4 Å². The summed E-state index contributed by atoms with van der Waals surface area (Å²) in [5.74, 6) is -0.982. The van der Waals surface area contributed by atoms with Crippen molar-refractivity contribution >= 4 is 17.5 Å². The second kappa shape index (κ2) is 4.75. The minimum absolute atomic E-state index is 0.0619. The van der Waals surface area contributed by atoms with Gasteiger partial charge in [-0.3, -0.25) is 4.79 Å². The molecule has 7 heteroatoms. The molecule has 1 aromatic heterocycles. The number of aromatic nitrogens is 2. The summed E-state index contributed by atoms with van der Waals surface area (Å²) in [6, 6.07) is 0. The van der Waals surface area contributed by atoms with E-state index in [0.717, 1.165) is 0 Å². The zero-order valence-electron chi connectivity index (χ0n) is 10.1. The zero-order chi connectivity index (χ0) is 13.3. The molecule has 0 bridgehead atoms. The van der Waals surface area contributed by atoms with Crippen molar-refractivity contribution in [1.82, 2.24) is 9.97 Å². The Hall–Kier alpha value is -1.92. The van der Waals surface area contributed by atoms with Crippen LogP contribution in [-0.2, 0) is 4.79 Å². The van der Waals surface area contributed by atoms with Crippen LogP contribution in [0, 0.1) is 17.7 Å². The highest BCUT2D eigenvalue weighted by molar-refractivity contribution is 5.77. The van der Waals surface area contributed by atoms with E-state index in [2.05, 4.69) is 9.97 Å². The Morgan fingerprint density at radius 1 is 1.56 bits per heavy atom. The number of piperidine rings is 1. The number of nitrogens with zero attached hydrogens (tertiary/aromatic N) is 3. The van der Waals surface area contributed by atoms with Crippen molar-refractivity contribution < 1.29 is 9.18 Å². The van der Waals surface area contributed by atoms with Gasteiger partial charge >= 0.3 is 0 Å². The number of carbonyl (C=O) groups is 1. The highest BCUT2D eigenvalue weighted by Crippen LogP contribution is 2.28. The summed E-state index contributed by atoms with van der Waals surface area (Å²) in [6.07, 6.45) is 1.83. The van der Waals surface area contributed by atoms with Crippen LogP contribution in [0.4, 0.5) is 16.0 Å². The molecule has 4 N–H and O–H groups in total. The maximum atomic E-state index is 13.8. The molecule has 98 valence electrons. The fourth-order valence-electron chi connectivity index (χ4n) is 2.35. The van der Waals surface area contributed by atoms with Crippen molar-refractivity contribution in [2.45, 2.75) is 13.3 Å². The molecule has 0 spiro atoms. The number of nitrogen functional groups attached to an aromatic ring is 1. The van der Waals surface area contributed by atoms with E-state index in [9.17, 15) is 9.18 Å². The molecule has 18 heavy (non-hydrogen) atoms. The first kappa shape index (κ1) is 12.5. The molecule has 1 amide bonds. The SMILES string of the molecule is CC1CN(c2ncnc(N)c2F)CC[C@H]1C(N)=O. The van der Waals surface area contributed by atoms with Crippen LogP contribution in [0.25, 0.3) is 0 Å². The van der Waals surface area contributed by atoms with Gasteiger partial charge in [-0.15, -0.1) is 0 Å². The van der Waals surface area contributed by atoms with Gasteiger partial charge in [-0.1, -0.05) is 6.92 Å². The van der Waals surface area contributed by atoms with Gasteiger partial charge in [0.2, 0.25) is 11.7 Å². The van der Waals surface area contributed by atoms with Crippen molar-refractivity contribution in [3.8, 4) is 0 Å². The molecule has 1 fully saturated rings. The second-order valence-electron chi connectivity index (χ2n) is 4.62. The number of carbonyl (C=O) groups excluding carboxylic acids is 1. The Balaban J connectivity index is 2.17. The van der Waals surface area contributed by atoms with Crippen molar-refractivity contribution in [2.24, 2.45) is 17.6 Å². The lowest BCUT2D eigenvalue weighted by Gasteiger charge is -2.36. The minimum atomic E-state index is -0.609. The lowest BCUT2D eigenvalue weighted by Crippen LogP contribution is -2.44. The number of hydrogen-bond donors (Lipinski definition) is 2. The first-order chi connectivity index (χ1) is 8.50. The van der Waals surface area contributed by atoms with Crippen molar-refractivity contribution in [3.63, 3.8) is 0 Å². The van der Waals surface area contributed by atoms with E-state index in [1.54, 1.807) is 4.90 Å². The zero-order valence-corrected chi connectivity index (χ0v) is 10.1. The Morgan fingerprint density at radius 3 is 2.89 bits per heavy atom. The summed E-state index contributed by atoms with van der Waals surface area (Å²) < 4.78 is 13.8. The molecule has 1 aliphatic rings. The third-order valence-electron chi connectivity index (χ3n) is 3.37. The lowest BCUT2D eigenvalue weighted by atomic mass is 9.86. The van der Waals surface area contributed by atoms with Gasteiger partial charge in [-0.2, -0.15) is 4.39 Å². The number of anilines is 2. The van der Waals surface area contributed by atoms with Gasteiger partial charge in [0.25, 0.3) is 0 Å². The number of halogens is 1. The molecule has 2 heterocycles. The van der Waals surface area contributed by atoms with E-state index in [1.807, 2.05) is 6.92 Å². The lowest BCUT2D eigenvalue weighted by molar-refractivity contribution is -0.123. The number of rotatable bonds is 2. The monoisotopic (exact) mass is 253 g/mol. The molecule has 1 saturated heterocycles. The number of primary amides is 1. The van der Waals surface area contributed by atoms with Crippen LogP contribution in [0.15, 0.2) is 6.33 Å². The largest absolute Gasteiger partial charge is 0.381 e. The molecule has 6 nitrogen and oxygen atoms in total. The molecule has 2 rings (SSSR count). The fourth-order valence-corrected chi connectivity index (χ4v) is 2.35. The predicted octanol–water partition coefficient (Wildman–Crippen LogP) is 0.146. The van der Waals surface area contributed by atoms with Crippen molar-refractivity contribution in [2.75, 3.05) is 23.7 Å². The summed E-state index contributed by atoms with van der Waals surface area (Å²) in [5.41, 5.74) is 10.7. The van der Waals surface area contributed by atoms with Crippen LogP contribution in [-0.4, -0.2) is 29.0 Å². The smallest absolute Gasteiger partial charge is 0.220 e. The summed E-state index contributed by atoms with van der Waals surface area (Å²) in [7, 11) is 0. The molecule has 1 unspecified atom stereocenters. The molecular formula is C11H16FN5O. The van der Waals surface area contributed by atoms with Gasteiger partial charge in [0.15, 0.2) is 11.6 Å². The average molecular weight is 253 g/mol. The molecule has 1 aromatic rings. The summed E-state index contributed by atoms with van der Waals surface area (Å²) in [6.45, 7) is 2.98. The maximum absolute atomic E-state index is 13.8. The van der Waals surface area contributed by atoms with Gasteiger partial charge in [0.1, 0.15) is 6.33 Å². The van der Waals surface area contributed by atoms with Crippen molar-refractivity contribution in [3.05, 3.63) is 12.1 Å². The normalized spacial score (nSPS) is 24.0. The Kier molecular flexibility index (Phi) is 3.31. The molecule has 0 aromatic carbocycles. The Labute approximate surface area is 104 Å². The first-order valence-electron chi connectivity index (χ1n) is 5.81. The van der Waals surface area contributed by atoms with Gasteiger partial charge in [0.05, 0.1) is 0 Å². The minimum Gasteiger partial charge on any atom is -0.381 e. The van der Waals surface area contributed by atoms with E-state index in [0.29, 0.717) is 19.5 Å². The van der Waals surface area contributed by atoms with Crippen LogP contribution in [0.1, 0.15) is 13.3 Å². The van der Waals surface area contributed by atoms with Gasteiger partial charge in [-0.25, -0.2) is 9.97 Å². The Bertz CT molecular complexity index is 467. The third kappa shape index (κ3) is 2.20. The average Bonchev–Trinajstić information content (AvgIpc) is 2.32. The van der Waals surface area contributed by atoms with Crippen LogP contribution in [0.2, 0.25) is 0 Å². The number of nitrogens with two attached hydrogens (primary N) is 2. The third-order valence-corrected chi connectivity index (χ3v) is 3.37. The Morgan fingerprint density at radius 2 is 2.28 bits per heavy atom. The van der Waals surface area contributed by atoms with Crippen LogP contribution in [0.5, 0.6) is 0 Å². The fraction of sp³-hybridized carbons (Fsp3) is 0.545. The molecule has 0 aliphatic carbocycles. The molecular weight excluding hydrogens is 237 g/mol. The molecule has 2 atom stereocenters. The topological polar surface area (TPSA) is 98.1 Å². The molecule has 1 aliphatic heterocycles. The quantitative estimate of drug-likeness (QED) is 0.781. The molecule has 0 radical (unpaired) electrons. The van der Waals surface area contributed by atoms with E-state index < -0.39 is 5.82 Å². The van der Waals surface area contributed by atoms with E-state index in [1.165, 1.54) is 6.33 Å². The molecule has 0 saturated carbocycles. The van der Waals surface area contributed by atoms with E-state index in [4.69, 9.17) is 11.5 Å². The summed E-state index contributed by atoms with van der Waals surface area (Å²) in [5, 5.41) is 0. The van der Waals surface area contributed by atoms with Crippen molar-refractivity contribution in [1.29, 1.82) is 0 Å². The van der Waals surface area contributed by atoms with E-state index >= 15 is 0 Å².